The Morgan fingerprint density at radius 2 is 2.08 bits per heavy atom. The zero-order valence-electron chi connectivity index (χ0n) is 13.2. The van der Waals surface area contributed by atoms with E-state index in [0.29, 0.717) is 11.5 Å². The SMILES string of the molecule is O=C(NCc1nnc2n1CCC2)c1nn(-c2ccc(F)cc2)cc1O. The number of hydrogen-bond acceptors (Lipinski definition) is 5. The topological polar surface area (TPSA) is 97.9 Å². The van der Waals surface area contributed by atoms with Crippen molar-refractivity contribution in [1.29, 1.82) is 0 Å². The predicted molar refractivity (Wildman–Crippen MR) is 84.7 cm³/mol. The third-order valence-electron chi connectivity index (χ3n) is 4.09. The number of halogens is 1. The van der Waals surface area contributed by atoms with E-state index >= 15 is 0 Å². The zero-order chi connectivity index (χ0) is 17.4. The first-order chi connectivity index (χ1) is 12.1. The van der Waals surface area contributed by atoms with E-state index < -0.39 is 5.91 Å². The molecule has 0 unspecified atom stereocenters. The number of hydrogen-bond donors (Lipinski definition) is 2. The van der Waals surface area contributed by atoms with Crippen LogP contribution in [0.5, 0.6) is 5.75 Å². The lowest BCUT2D eigenvalue weighted by molar-refractivity contribution is 0.0941. The molecule has 0 aliphatic carbocycles. The van der Waals surface area contributed by atoms with Gasteiger partial charge in [-0.25, -0.2) is 9.07 Å². The molecule has 1 aliphatic heterocycles. The summed E-state index contributed by atoms with van der Waals surface area (Å²) in [6.07, 6.45) is 3.22. The molecule has 3 aromatic rings. The van der Waals surface area contributed by atoms with Gasteiger partial charge >= 0.3 is 0 Å². The molecule has 1 amide bonds. The summed E-state index contributed by atoms with van der Waals surface area (Å²) in [7, 11) is 0. The van der Waals surface area contributed by atoms with Gasteiger partial charge in [0.15, 0.2) is 17.3 Å². The molecule has 0 spiro atoms. The maximum atomic E-state index is 13.0. The summed E-state index contributed by atoms with van der Waals surface area (Å²) >= 11 is 0. The molecular formula is C16H15FN6O2. The average molecular weight is 342 g/mol. The number of nitrogens with one attached hydrogen (secondary N) is 1. The predicted octanol–water partition coefficient (Wildman–Crippen LogP) is 1.18. The van der Waals surface area contributed by atoms with E-state index in [2.05, 4.69) is 20.6 Å². The van der Waals surface area contributed by atoms with Crippen molar-refractivity contribution in [2.45, 2.75) is 25.9 Å². The molecule has 2 N–H and O–H groups in total. The first-order valence-electron chi connectivity index (χ1n) is 7.85. The lowest BCUT2D eigenvalue weighted by atomic mass is 10.3. The van der Waals surface area contributed by atoms with Crippen LogP contribution < -0.4 is 5.32 Å². The fourth-order valence-electron chi connectivity index (χ4n) is 2.84. The highest BCUT2D eigenvalue weighted by Crippen LogP contribution is 2.19. The summed E-state index contributed by atoms with van der Waals surface area (Å²) in [5, 5.41) is 24.9. The number of aromatic nitrogens is 5. The third kappa shape index (κ3) is 2.84. The lowest BCUT2D eigenvalue weighted by Gasteiger charge is -2.04. The van der Waals surface area contributed by atoms with E-state index in [-0.39, 0.29) is 23.8 Å². The van der Waals surface area contributed by atoms with Crippen molar-refractivity contribution in [3.8, 4) is 11.4 Å². The van der Waals surface area contributed by atoms with Gasteiger partial charge in [-0.1, -0.05) is 0 Å². The fourth-order valence-corrected chi connectivity index (χ4v) is 2.84. The van der Waals surface area contributed by atoms with Gasteiger partial charge in [0.2, 0.25) is 0 Å². The smallest absolute Gasteiger partial charge is 0.276 e. The molecule has 0 atom stereocenters. The van der Waals surface area contributed by atoms with Crippen LogP contribution in [0.2, 0.25) is 0 Å². The highest BCUT2D eigenvalue weighted by atomic mass is 19.1. The minimum atomic E-state index is -0.520. The van der Waals surface area contributed by atoms with Crippen molar-refractivity contribution in [2.24, 2.45) is 0 Å². The third-order valence-corrected chi connectivity index (χ3v) is 4.09. The molecule has 3 heterocycles. The van der Waals surface area contributed by atoms with Gasteiger partial charge < -0.3 is 15.0 Å². The Kier molecular flexibility index (Phi) is 3.68. The van der Waals surface area contributed by atoms with Gasteiger partial charge in [0.1, 0.15) is 11.6 Å². The molecule has 0 radical (unpaired) electrons. The Balaban J connectivity index is 1.49. The zero-order valence-corrected chi connectivity index (χ0v) is 13.2. The Hall–Kier alpha value is -3.23. The quantitative estimate of drug-likeness (QED) is 0.742. The summed E-state index contributed by atoms with van der Waals surface area (Å²) in [6, 6.07) is 5.56. The number of rotatable bonds is 4. The van der Waals surface area contributed by atoms with Crippen LogP contribution in [-0.2, 0) is 19.5 Å². The molecular weight excluding hydrogens is 327 g/mol. The lowest BCUT2D eigenvalue weighted by Crippen LogP contribution is -2.25. The van der Waals surface area contributed by atoms with Crippen LogP contribution in [-0.4, -0.2) is 35.6 Å². The van der Waals surface area contributed by atoms with Crippen LogP contribution in [0.3, 0.4) is 0 Å². The molecule has 2 aromatic heterocycles. The summed E-state index contributed by atoms with van der Waals surface area (Å²) in [5.41, 5.74) is 0.427. The van der Waals surface area contributed by atoms with Gasteiger partial charge in [-0.05, 0) is 30.7 Å². The van der Waals surface area contributed by atoms with Crippen molar-refractivity contribution in [3.05, 3.63) is 53.6 Å². The van der Waals surface area contributed by atoms with Gasteiger partial charge in [0, 0.05) is 13.0 Å². The second-order valence-corrected chi connectivity index (χ2v) is 5.75. The average Bonchev–Trinajstić information content (AvgIpc) is 3.29. The van der Waals surface area contributed by atoms with E-state index in [9.17, 15) is 14.3 Å². The van der Waals surface area contributed by atoms with E-state index in [0.717, 1.165) is 25.2 Å². The Morgan fingerprint density at radius 1 is 1.28 bits per heavy atom. The largest absolute Gasteiger partial charge is 0.504 e. The van der Waals surface area contributed by atoms with Crippen LogP contribution in [0.4, 0.5) is 4.39 Å². The number of amides is 1. The van der Waals surface area contributed by atoms with Crippen molar-refractivity contribution >= 4 is 5.91 Å². The van der Waals surface area contributed by atoms with Gasteiger partial charge in [-0.2, -0.15) is 5.10 Å². The van der Waals surface area contributed by atoms with Gasteiger partial charge in [0.25, 0.3) is 5.91 Å². The minimum Gasteiger partial charge on any atom is -0.504 e. The maximum absolute atomic E-state index is 13.0. The highest BCUT2D eigenvalue weighted by Gasteiger charge is 2.20. The van der Waals surface area contributed by atoms with Crippen LogP contribution >= 0.6 is 0 Å². The second kappa shape index (κ2) is 6.00. The second-order valence-electron chi connectivity index (χ2n) is 5.75. The number of aryl methyl sites for hydroxylation is 1. The summed E-state index contributed by atoms with van der Waals surface area (Å²) in [5.74, 6) is 0.451. The first kappa shape index (κ1) is 15.3. The van der Waals surface area contributed by atoms with Gasteiger partial charge in [0.05, 0.1) is 18.4 Å². The van der Waals surface area contributed by atoms with Crippen molar-refractivity contribution in [2.75, 3.05) is 0 Å². The molecule has 1 aromatic carbocycles. The molecule has 0 saturated heterocycles. The van der Waals surface area contributed by atoms with Crippen molar-refractivity contribution in [3.63, 3.8) is 0 Å². The number of carbonyl (C=O) groups excluding carboxylic acids is 1. The number of carbonyl (C=O) groups is 1. The van der Waals surface area contributed by atoms with Gasteiger partial charge in [-0.15, -0.1) is 10.2 Å². The number of nitrogens with zero attached hydrogens (tertiary/aromatic N) is 5. The van der Waals surface area contributed by atoms with Crippen LogP contribution in [0.1, 0.15) is 28.6 Å². The van der Waals surface area contributed by atoms with E-state index in [1.165, 1.54) is 35.1 Å². The normalized spacial score (nSPS) is 13.0. The number of aromatic hydroxyl groups is 1. The van der Waals surface area contributed by atoms with Crippen molar-refractivity contribution in [1.82, 2.24) is 29.9 Å². The standard InChI is InChI=1S/C16H15FN6O2/c17-10-3-5-11(6-4-10)23-9-12(24)15(21-23)16(25)18-8-14-20-19-13-2-1-7-22(13)14/h3-6,9,24H,1-2,7-8H2,(H,18,25). The monoisotopic (exact) mass is 342 g/mol. The minimum absolute atomic E-state index is 0.106. The summed E-state index contributed by atoms with van der Waals surface area (Å²) in [6.45, 7) is 1.05. The Morgan fingerprint density at radius 3 is 2.88 bits per heavy atom. The molecule has 0 saturated carbocycles. The molecule has 25 heavy (non-hydrogen) atoms. The molecule has 128 valence electrons. The highest BCUT2D eigenvalue weighted by molar-refractivity contribution is 5.94. The molecule has 9 heteroatoms. The maximum Gasteiger partial charge on any atom is 0.276 e. The van der Waals surface area contributed by atoms with E-state index in [4.69, 9.17) is 0 Å². The first-order valence-corrected chi connectivity index (χ1v) is 7.85. The van der Waals surface area contributed by atoms with Crippen LogP contribution in [0.15, 0.2) is 30.5 Å². The van der Waals surface area contributed by atoms with Crippen LogP contribution in [0, 0.1) is 5.82 Å². The Bertz CT molecular complexity index is 931. The number of fused-ring (bicyclic) bond motifs is 1. The summed E-state index contributed by atoms with van der Waals surface area (Å²) < 4.78 is 16.3. The number of benzene rings is 1. The summed E-state index contributed by atoms with van der Waals surface area (Å²) in [4.78, 5) is 12.3. The molecule has 0 bridgehead atoms. The van der Waals surface area contributed by atoms with E-state index in [1.54, 1.807) is 0 Å². The fraction of sp³-hybridized carbons (Fsp3) is 0.250. The van der Waals surface area contributed by atoms with Crippen molar-refractivity contribution < 1.29 is 14.3 Å². The molecule has 1 aliphatic rings. The molecule has 0 fully saturated rings. The van der Waals surface area contributed by atoms with Gasteiger partial charge in [-0.3, -0.25) is 4.79 Å². The molecule has 8 nitrogen and oxygen atoms in total. The van der Waals surface area contributed by atoms with Crippen LogP contribution in [0.25, 0.3) is 5.69 Å². The van der Waals surface area contributed by atoms with E-state index in [1.807, 2.05) is 4.57 Å². The molecule has 4 rings (SSSR count). The Labute approximate surface area is 141 Å².